The molecule has 0 saturated carbocycles. The third-order valence-corrected chi connectivity index (χ3v) is 2.35. The molecule has 0 amide bonds. The Morgan fingerprint density at radius 3 is 2.92 bits per heavy atom. The average Bonchev–Trinajstić information content (AvgIpc) is 2.52. The van der Waals surface area contributed by atoms with Gasteiger partial charge in [-0.3, -0.25) is 0 Å². The Morgan fingerprint density at radius 1 is 1.58 bits per heavy atom. The number of ether oxygens (including phenoxy) is 3. The van der Waals surface area contributed by atoms with Gasteiger partial charge in [0, 0.05) is 7.11 Å². The molecule has 1 rings (SSSR count). The van der Waals surface area contributed by atoms with Crippen LogP contribution in [0.25, 0.3) is 0 Å². The highest BCUT2D eigenvalue weighted by Crippen LogP contribution is 2.20. The van der Waals surface area contributed by atoms with Crippen molar-refractivity contribution in [2.75, 3.05) is 20.3 Å². The Balaban J connectivity index is 2.25. The van der Waals surface area contributed by atoms with Gasteiger partial charge in [-0.25, -0.2) is 0 Å². The van der Waals surface area contributed by atoms with E-state index < -0.39 is 0 Å². The molecule has 3 atom stereocenters. The first-order valence-corrected chi connectivity index (χ1v) is 4.54. The summed E-state index contributed by atoms with van der Waals surface area (Å²) in [6, 6.07) is 0. The van der Waals surface area contributed by atoms with E-state index in [1.54, 1.807) is 7.11 Å². The van der Waals surface area contributed by atoms with E-state index >= 15 is 0 Å². The Bertz CT molecular complexity index is 127. The molecule has 1 aliphatic heterocycles. The molecule has 0 aromatic carbocycles. The lowest BCUT2D eigenvalue weighted by molar-refractivity contribution is -0.102. The SMILES string of the molecule is CCC(C)C1COC(COC)O1. The molecule has 0 radical (unpaired) electrons. The van der Waals surface area contributed by atoms with Crippen LogP contribution < -0.4 is 0 Å². The third kappa shape index (κ3) is 2.44. The number of hydrogen-bond donors (Lipinski definition) is 0. The van der Waals surface area contributed by atoms with Gasteiger partial charge >= 0.3 is 0 Å². The zero-order chi connectivity index (χ0) is 8.97. The van der Waals surface area contributed by atoms with Crippen LogP contribution in [-0.2, 0) is 14.2 Å². The minimum Gasteiger partial charge on any atom is -0.379 e. The first-order chi connectivity index (χ1) is 5.77. The fourth-order valence-corrected chi connectivity index (χ4v) is 1.26. The van der Waals surface area contributed by atoms with E-state index in [-0.39, 0.29) is 12.4 Å². The van der Waals surface area contributed by atoms with E-state index in [1.165, 1.54) is 0 Å². The van der Waals surface area contributed by atoms with Gasteiger partial charge in [-0.15, -0.1) is 0 Å². The number of rotatable bonds is 4. The van der Waals surface area contributed by atoms with Crippen LogP contribution in [0.15, 0.2) is 0 Å². The van der Waals surface area contributed by atoms with Gasteiger partial charge in [-0.1, -0.05) is 20.3 Å². The van der Waals surface area contributed by atoms with Crippen LogP contribution in [-0.4, -0.2) is 32.7 Å². The van der Waals surface area contributed by atoms with Crippen molar-refractivity contribution in [3.05, 3.63) is 0 Å². The van der Waals surface area contributed by atoms with Crippen LogP contribution in [0.5, 0.6) is 0 Å². The van der Waals surface area contributed by atoms with Gasteiger partial charge < -0.3 is 14.2 Å². The summed E-state index contributed by atoms with van der Waals surface area (Å²) in [6.45, 7) is 5.59. The maximum atomic E-state index is 5.61. The van der Waals surface area contributed by atoms with Gasteiger partial charge in [0.25, 0.3) is 0 Å². The van der Waals surface area contributed by atoms with Crippen LogP contribution in [0.2, 0.25) is 0 Å². The summed E-state index contributed by atoms with van der Waals surface area (Å²) >= 11 is 0. The third-order valence-electron chi connectivity index (χ3n) is 2.35. The van der Waals surface area contributed by atoms with Crippen LogP contribution in [0.3, 0.4) is 0 Å². The van der Waals surface area contributed by atoms with Crippen molar-refractivity contribution in [2.45, 2.75) is 32.7 Å². The molecule has 1 fully saturated rings. The smallest absolute Gasteiger partial charge is 0.181 e. The van der Waals surface area contributed by atoms with Crippen molar-refractivity contribution in [3.8, 4) is 0 Å². The molecule has 72 valence electrons. The van der Waals surface area contributed by atoms with E-state index in [0.29, 0.717) is 19.1 Å². The van der Waals surface area contributed by atoms with Crippen molar-refractivity contribution < 1.29 is 14.2 Å². The Morgan fingerprint density at radius 2 is 2.33 bits per heavy atom. The zero-order valence-electron chi connectivity index (χ0n) is 8.08. The fraction of sp³-hybridized carbons (Fsp3) is 1.00. The lowest BCUT2D eigenvalue weighted by atomic mass is 10.0. The molecule has 3 heteroatoms. The van der Waals surface area contributed by atoms with Gasteiger partial charge in [0.2, 0.25) is 0 Å². The molecule has 0 N–H and O–H groups in total. The second-order valence-electron chi connectivity index (χ2n) is 3.28. The van der Waals surface area contributed by atoms with E-state index in [9.17, 15) is 0 Å². The van der Waals surface area contributed by atoms with Crippen LogP contribution in [0.1, 0.15) is 20.3 Å². The summed E-state index contributed by atoms with van der Waals surface area (Å²) in [5.41, 5.74) is 0. The van der Waals surface area contributed by atoms with Crippen molar-refractivity contribution in [1.82, 2.24) is 0 Å². The monoisotopic (exact) mass is 174 g/mol. The molecule has 1 aliphatic rings. The quantitative estimate of drug-likeness (QED) is 0.645. The predicted octanol–water partition coefficient (Wildman–Crippen LogP) is 1.42. The molecular weight excluding hydrogens is 156 g/mol. The second kappa shape index (κ2) is 4.80. The van der Waals surface area contributed by atoms with Crippen LogP contribution in [0.4, 0.5) is 0 Å². The standard InChI is InChI=1S/C9H18O3/c1-4-7(2)8-5-11-9(12-8)6-10-3/h7-9H,4-6H2,1-3H3. The molecule has 0 aliphatic carbocycles. The second-order valence-corrected chi connectivity index (χ2v) is 3.28. The molecule has 3 unspecified atom stereocenters. The van der Waals surface area contributed by atoms with Gasteiger partial charge in [0.05, 0.1) is 19.3 Å². The van der Waals surface area contributed by atoms with Gasteiger partial charge in [0.1, 0.15) is 0 Å². The molecular formula is C9H18O3. The average molecular weight is 174 g/mol. The maximum Gasteiger partial charge on any atom is 0.181 e. The van der Waals surface area contributed by atoms with Gasteiger partial charge in [-0.05, 0) is 5.92 Å². The molecule has 0 aromatic heterocycles. The highest BCUT2D eigenvalue weighted by atomic mass is 16.7. The highest BCUT2D eigenvalue weighted by molar-refractivity contribution is 4.70. The Labute approximate surface area is 74.0 Å². The zero-order valence-corrected chi connectivity index (χ0v) is 8.08. The predicted molar refractivity (Wildman–Crippen MR) is 45.9 cm³/mol. The maximum absolute atomic E-state index is 5.61. The lowest BCUT2D eigenvalue weighted by Crippen LogP contribution is -2.22. The summed E-state index contributed by atoms with van der Waals surface area (Å²) in [6.07, 6.45) is 1.25. The molecule has 1 heterocycles. The van der Waals surface area contributed by atoms with E-state index in [4.69, 9.17) is 14.2 Å². The topological polar surface area (TPSA) is 27.7 Å². The largest absolute Gasteiger partial charge is 0.379 e. The van der Waals surface area contributed by atoms with Crippen molar-refractivity contribution in [2.24, 2.45) is 5.92 Å². The van der Waals surface area contributed by atoms with Crippen molar-refractivity contribution in [1.29, 1.82) is 0 Å². The normalized spacial score (nSPS) is 32.2. The minimum atomic E-state index is -0.144. The summed E-state index contributed by atoms with van der Waals surface area (Å²) in [4.78, 5) is 0. The number of hydrogen-bond acceptors (Lipinski definition) is 3. The highest BCUT2D eigenvalue weighted by Gasteiger charge is 2.28. The summed E-state index contributed by atoms with van der Waals surface area (Å²) in [5.74, 6) is 0.576. The van der Waals surface area contributed by atoms with Crippen molar-refractivity contribution in [3.63, 3.8) is 0 Å². The van der Waals surface area contributed by atoms with E-state index in [0.717, 1.165) is 6.42 Å². The van der Waals surface area contributed by atoms with Crippen LogP contribution >= 0.6 is 0 Å². The first-order valence-electron chi connectivity index (χ1n) is 4.54. The van der Waals surface area contributed by atoms with Crippen LogP contribution in [0, 0.1) is 5.92 Å². The molecule has 1 saturated heterocycles. The Hall–Kier alpha value is -0.120. The molecule has 0 aromatic rings. The molecule has 0 spiro atoms. The molecule has 0 bridgehead atoms. The first kappa shape index (κ1) is 9.96. The lowest BCUT2D eigenvalue weighted by Gasteiger charge is -2.15. The van der Waals surface area contributed by atoms with Crippen molar-refractivity contribution >= 4 is 0 Å². The van der Waals surface area contributed by atoms with E-state index in [2.05, 4.69) is 13.8 Å². The summed E-state index contributed by atoms with van der Waals surface area (Å²) < 4.78 is 15.9. The number of methoxy groups -OCH3 is 1. The molecule has 12 heavy (non-hydrogen) atoms. The van der Waals surface area contributed by atoms with E-state index in [1.807, 2.05) is 0 Å². The minimum absolute atomic E-state index is 0.144. The Kier molecular flexibility index (Phi) is 3.98. The fourth-order valence-electron chi connectivity index (χ4n) is 1.26. The van der Waals surface area contributed by atoms with Gasteiger partial charge in [0.15, 0.2) is 6.29 Å². The van der Waals surface area contributed by atoms with Gasteiger partial charge in [-0.2, -0.15) is 0 Å². The molecule has 3 nitrogen and oxygen atoms in total. The summed E-state index contributed by atoms with van der Waals surface area (Å²) in [5, 5.41) is 0. The summed E-state index contributed by atoms with van der Waals surface area (Å²) in [7, 11) is 1.66.